The average molecular weight is 724 g/mol. The van der Waals surface area contributed by atoms with Crippen LogP contribution in [0.5, 0.6) is 0 Å². The number of hydrogen-bond donors (Lipinski definition) is 0. The molecule has 0 amide bonds. The number of thiophene rings is 1. The first-order valence-electron chi connectivity index (χ1n) is 18.4. The van der Waals surface area contributed by atoms with E-state index >= 15 is 0 Å². The van der Waals surface area contributed by atoms with Crippen molar-refractivity contribution in [2.75, 3.05) is 4.90 Å². The summed E-state index contributed by atoms with van der Waals surface area (Å²) in [6, 6.07) is 62.1. The Balaban J connectivity index is 1.19. The molecule has 8 aromatic carbocycles. The zero-order valence-electron chi connectivity index (χ0n) is 29.3. The predicted molar refractivity (Wildman–Crippen MR) is 229 cm³/mol. The SMILES string of the molecule is c1ccc(-c2nc3cc4c(cc3o2)oc2cccc(N(c3ccc5sc6ccccc6c5c3)c3cccc5c6ccccc6n(-c6ccccc6)c35)c24)cc1. The van der Waals surface area contributed by atoms with E-state index in [1.807, 2.05) is 47.7 Å². The smallest absolute Gasteiger partial charge is 0.227 e. The molecule has 0 saturated carbocycles. The van der Waals surface area contributed by atoms with Crippen molar-refractivity contribution in [3.63, 3.8) is 0 Å². The fourth-order valence-electron chi connectivity index (χ4n) is 8.41. The molecule has 0 atom stereocenters. The fraction of sp³-hybridized carbons (Fsp3) is 0. The third-order valence-corrected chi connectivity index (χ3v) is 11.9. The summed E-state index contributed by atoms with van der Waals surface area (Å²) in [5, 5.41) is 6.88. The van der Waals surface area contributed by atoms with E-state index in [4.69, 9.17) is 13.8 Å². The molecule has 0 aliphatic rings. The van der Waals surface area contributed by atoms with Crippen molar-refractivity contribution < 1.29 is 8.83 Å². The second-order valence-electron chi connectivity index (χ2n) is 13.9. The maximum Gasteiger partial charge on any atom is 0.227 e. The highest BCUT2D eigenvalue weighted by molar-refractivity contribution is 7.25. The summed E-state index contributed by atoms with van der Waals surface area (Å²) in [5.74, 6) is 0.589. The molecule has 258 valence electrons. The summed E-state index contributed by atoms with van der Waals surface area (Å²) < 4.78 is 17.9. The van der Waals surface area contributed by atoms with Gasteiger partial charge in [0.05, 0.1) is 27.8 Å². The Kier molecular flexibility index (Phi) is 6.44. The van der Waals surface area contributed by atoms with Gasteiger partial charge in [0.2, 0.25) is 5.89 Å². The van der Waals surface area contributed by atoms with E-state index in [1.165, 1.54) is 30.9 Å². The summed E-state index contributed by atoms with van der Waals surface area (Å²) in [7, 11) is 0. The van der Waals surface area contributed by atoms with E-state index < -0.39 is 0 Å². The lowest BCUT2D eigenvalue weighted by molar-refractivity contribution is 0.617. The number of benzene rings is 8. The molecule has 0 N–H and O–H groups in total. The molecular weight excluding hydrogens is 695 g/mol. The van der Waals surface area contributed by atoms with Gasteiger partial charge in [0.1, 0.15) is 16.7 Å². The Morgan fingerprint density at radius 1 is 0.491 bits per heavy atom. The molecule has 0 saturated heterocycles. The second-order valence-corrected chi connectivity index (χ2v) is 15.0. The van der Waals surface area contributed by atoms with Crippen LogP contribution in [0.4, 0.5) is 17.1 Å². The summed E-state index contributed by atoms with van der Waals surface area (Å²) in [5.41, 5.74) is 10.5. The first-order valence-corrected chi connectivity index (χ1v) is 19.2. The average Bonchev–Trinajstić information content (AvgIpc) is 4.01. The van der Waals surface area contributed by atoms with Crippen molar-refractivity contribution in [3.05, 3.63) is 176 Å². The first kappa shape index (κ1) is 30.3. The molecule has 0 spiro atoms. The van der Waals surface area contributed by atoms with E-state index in [-0.39, 0.29) is 0 Å². The lowest BCUT2D eigenvalue weighted by atomic mass is 10.1. The van der Waals surface area contributed by atoms with Crippen LogP contribution < -0.4 is 4.90 Å². The molecule has 12 rings (SSSR count). The number of anilines is 3. The van der Waals surface area contributed by atoms with Crippen LogP contribution in [0, 0.1) is 0 Å². The van der Waals surface area contributed by atoms with Gasteiger partial charge in [0, 0.05) is 59.3 Å². The monoisotopic (exact) mass is 723 g/mol. The maximum absolute atomic E-state index is 6.66. The van der Waals surface area contributed by atoms with E-state index in [9.17, 15) is 0 Å². The zero-order valence-corrected chi connectivity index (χ0v) is 30.1. The van der Waals surface area contributed by atoms with E-state index in [1.54, 1.807) is 0 Å². The molecular formula is C49H29N3O2S. The zero-order chi connectivity index (χ0) is 36.0. The van der Waals surface area contributed by atoms with Gasteiger partial charge in [-0.25, -0.2) is 4.98 Å². The molecule has 6 heteroatoms. The predicted octanol–water partition coefficient (Wildman–Crippen LogP) is 14.3. The molecule has 0 unspecified atom stereocenters. The summed E-state index contributed by atoms with van der Waals surface area (Å²) in [4.78, 5) is 7.38. The van der Waals surface area contributed by atoms with E-state index in [0.717, 1.165) is 66.8 Å². The summed E-state index contributed by atoms with van der Waals surface area (Å²) in [6.45, 7) is 0. The van der Waals surface area contributed by atoms with Crippen molar-refractivity contribution in [1.29, 1.82) is 0 Å². The molecule has 0 aliphatic heterocycles. The van der Waals surface area contributed by atoms with E-state index in [0.29, 0.717) is 11.5 Å². The van der Waals surface area contributed by atoms with Gasteiger partial charge in [-0.15, -0.1) is 11.3 Å². The Hall–Kier alpha value is -7.15. The molecule has 4 heterocycles. The Morgan fingerprint density at radius 2 is 1.22 bits per heavy atom. The highest BCUT2D eigenvalue weighted by atomic mass is 32.1. The number of oxazole rings is 1. The van der Waals surface area contributed by atoms with Crippen LogP contribution in [0.15, 0.2) is 185 Å². The molecule has 0 bridgehead atoms. The van der Waals surface area contributed by atoms with Crippen LogP contribution in [0.2, 0.25) is 0 Å². The lowest BCUT2D eigenvalue weighted by Gasteiger charge is -2.28. The summed E-state index contributed by atoms with van der Waals surface area (Å²) >= 11 is 1.83. The molecule has 12 aromatic rings. The number of hydrogen-bond acceptors (Lipinski definition) is 5. The van der Waals surface area contributed by atoms with Gasteiger partial charge in [0.25, 0.3) is 0 Å². The molecule has 0 radical (unpaired) electrons. The third kappa shape index (κ3) is 4.55. The van der Waals surface area contributed by atoms with Crippen LogP contribution in [-0.2, 0) is 0 Å². The van der Waals surface area contributed by atoms with Crippen molar-refractivity contribution in [3.8, 4) is 17.1 Å². The number of fused-ring (bicyclic) bond motifs is 10. The van der Waals surface area contributed by atoms with Crippen LogP contribution in [0.1, 0.15) is 0 Å². The van der Waals surface area contributed by atoms with Gasteiger partial charge in [0.15, 0.2) is 5.58 Å². The number of furan rings is 1. The third-order valence-electron chi connectivity index (χ3n) is 10.8. The van der Waals surface area contributed by atoms with E-state index in [2.05, 4.69) is 149 Å². The van der Waals surface area contributed by atoms with Crippen molar-refractivity contribution in [2.45, 2.75) is 0 Å². The van der Waals surface area contributed by atoms with Gasteiger partial charge < -0.3 is 18.3 Å². The summed E-state index contributed by atoms with van der Waals surface area (Å²) in [6.07, 6.45) is 0. The number of nitrogens with zero attached hydrogens (tertiary/aromatic N) is 3. The minimum Gasteiger partial charge on any atom is -0.456 e. The topological polar surface area (TPSA) is 47.3 Å². The standard InChI is InChI=1S/C49H29N3O2S/c1-3-13-30(14-4-1)49-50-38-28-37-43(29-44(38)54-49)53-42-23-12-21-40(47(37)42)51(32-25-26-46-36(27-32)34-18-8-10-24-45(34)55-46)41-22-11-19-35-33-17-7-9-20-39(33)52(48(35)41)31-15-5-2-6-16-31/h1-29H. The van der Waals surface area contributed by atoms with Gasteiger partial charge >= 0.3 is 0 Å². The van der Waals surface area contributed by atoms with Crippen LogP contribution in [0.25, 0.3) is 92.2 Å². The largest absolute Gasteiger partial charge is 0.456 e. The normalized spacial score (nSPS) is 12.0. The number of rotatable bonds is 5. The van der Waals surface area contributed by atoms with Crippen LogP contribution in [0.3, 0.4) is 0 Å². The highest BCUT2D eigenvalue weighted by Gasteiger charge is 2.25. The minimum atomic E-state index is 0.589. The Morgan fingerprint density at radius 3 is 2.11 bits per heavy atom. The Bertz CT molecular complexity index is 3450. The van der Waals surface area contributed by atoms with Gasteiger partial charge in [-0.2, -0.15) is 0 Å². The van der Waals surface area contributed by atoms with Crippen molar-refractivity contribution in [2.24, 2.45) is 0 Å². The van der Waals surface area contributed by atoms with Crippen molar-refractivity contribution >= 4 is 103 Å². The molecule has 4 aromatic heterocycles. The lowest BCUT2D eigenvalue weighted by Crippen LogP contribution is -2.12. The number of para-hydroxylation sites is 3. The number of aromatic nitrogens is 2. The van der Waals surface area contributed by atoms with Crippen molar-refractivity contribution in [1.82, 2.24) is 9.55 Å². The molecule has 0 aliphatic carbocycles. The minimum absolute atomic E-state index is 0.589. The van der Waals surface area contributed by atoms with Gasteiger partial charge in [-0.1, -0.05) is 91.0 Å². The quantitative estimate of drug-likeness (QED) is 0.177. The van der Waals surface area contributed by atoms with Crippen LogP contribution in [-0.4, -0.2) is 9.55 Å². The molecule has 55 heavy (non-hydrogen) atoms. The molecule has 5 nitrogen and oxygen atoms in total. The second kappa shape index (κ2) is 11.7. The van der Waals surface area contributed by atoms with Gasteiger partial charge in [-0.05, 0) is 78.9 Å². The Labute approximate surface area is 318 Å². The van der Waals surface area contributed by atoms with Gasteiger partial charge in [-0.3, -0.25) is 0 Å². The fourth-order valence-corrected chi connectivity index (χ4v) is 9.49. The first-order chi connectivity index (χ1) is 27.3. The molecule has 0 fully saturated rings. The maximum atomic E-state index is 6.66. The highest BCUT2D eigenvalue weighted by Crippen LogP contribution is 2.49. The van der Waals surface area contributed by atoms with Crippen LogP contribution >= 0.6 is 11.3 Å².